The molecule has 0 saturated carbocycles. The van der Waals surface area contributed by atoms with Gasteiger partial charge in [-0.1, -0.05) is 0 Å². The minimum atomic E-state index is -1.09. The maximum atomic E-state index is 13.5. The normalized spacial score (nSPS) is 11.0. The van der Waals surface area contributed by atoms with E-state index in [4.69, 9.17) is 11.5 Å². The highest BCUT2D eigenvalue weighted by Crippen LogP contribution is 2.31. The molecule has 0 aliphatic rings. The van der Waals surface area contributed by atoms with Crippen molar-refractivity contribution in [3.8, 4) is 11.3 Å². The number of halogens is 2. The number of H-pyrrole nitrogens is 1. The summed E-state index contributed by atoms with van der Waals surface area (Å²) in [5, 5.41) is 6.42. The van der Waals surface area contributed by atoms with E-state index in [2.05, 4.69) is 10.2 Å². The lowest BCUT2D eigenvalue weighted by molar-refractivity contribution is 0.511. The molecule has 3 aromatic rings. The number of nitrogens with two attached hydrogens (primary N) is 2. The van der Waals surface area contributed by atoms with Gasteiger partial charge in [0.15, 0.2) is 11.6 Å². The second-order valence-electron chi connectivity index (χ2n) is 5.01. The largest absolute Gasteiger partial charge is 0.397 e. The van der Waals surface area contributed by atoms with E-state index in [-0.39, 0.29) is 10.8 Å². The van der Waals surface area contributed by atoms with Gasteiger partial charge in [0.1, 0.15) is 0 Å². The van der Waals surface area contributed by atoms with Crippen molar-refractivity contribution in [1.82, 2.24) is 10.2 Å². The molecule has 22 heavy (non-hydrogen) atoms. The zero-order valence-corrected chi connectivity index (χ0v) is 11.6. The van der Waals surface area contributed by atoms with E-state index in [0.29, 0.717) is 22.6 Å². The molecule has 3 rings (SSSR count). The first-order chi connectivity index (χ1) is 10.4. The third-order valence-electron chi connectivity index (χ3n) is 3.52. The number of hydrogen-bond donors (Lipinski definition) is 3. The van der Waals surface area contributed by atoms with Gasteiger partial charge in [0.05, 0.1) is 22.5 Å². The van der Waals surface area contributed by atoms with Gasteiger partial charge in [-0.2, -0.15) is 5.10 Å². The smallest absolute Gasteiger partial charge is 0.272 e. The fourth-order valence-electron chi connectivity index (χ4n) is 2.34. The number of nitrogens with one attached hydrogen (secondary N) is 1. The topological polar surface area (TPSA) is 97.8 Å². The molecule has 112 valence electrons. The summed E-state index contributed by atoms with van der Waals surface area (Å²) in [6.45, 7) is 1.77. The van der Waals surface area contributed by atoms with Gasteiger partial charge < -0.3 is 11.5 Å². The van der Waals surface area contributed by atoms with Crippen LogP contribution in [-0.2, 0) is 0 Å². The minimum Gasteiger partial charge on any atom is -0.397 e. The number of benzene rings is 2. The molecule has 0 bridgehead atoms. The summed E-state index contributed by atoms with van der Waals surface area (Å²) in [6.07, 6.45) is 0. The number of anilines is 2. The quantitative estimate of drug-likeness (QED) is 0.601. The summed E-state index contributed by atoms with van der Waals surface area (Å²) in [4.78, 5) is 11.8. The Morgan fingerprint density at radius 2 is 1.68 bits per heavy atom. The number of fused-ring (bicyclic) bond motifs is 1. The lowest BCUT2D eigenvalue weighted by atomic mass is 10.0. The first-order valence-electron chi connectivity index (χ1n) is 6.42. The van der Waals surface area contributed by atoms with E-state index in [9.17, 15) is 13.6 Å². The predicted molar refractivity (Wildman–Crippen MR) is 81.3 cm³/mol. The van der Waals surface area contributed by atoms with Gasteiger partial charge in [0, 0.05) is 10.9 Å². The van der Waals surface area contributed by atoms with Crippen LogP contribution in [0.2, 0.25) is 0 Å². The number of rotatable bonds is 1. The van der Waals surface area contributed by atoms with Crippen LogP contribution in [-0.4, -0.2) is 10.2 Å². The van der Waals surface area contributed by atoms with Gasteiger partial charge in [-0.25, -0.2) is 13.9 Å². The van der Waals surface area contributed by atoms with Crippen LogP contribution in [0.1, 0.15) is 5.56 Å². The molecule has 0 fully saturated rings. The van der Waals surface area contributed by atoms with Crippen molar-refractivity contribution in [2.45, 2.75) is 6.92 Å². The number of nitrogens with zero attached hydrogens (tertiary/aromatic N) is 1. The first-order valence-corrected chi connectivity index (χ1v) is 6.42. The molecule has 0 unspecified atom stereocenters. The highest BCUT2D eigenvalue weighted by atomic mass is 19.2. The maximum Gasteiger partial charge on any atom is 0.272 e. The molecular formula is C15H12F2N4O. The van der Waals surface area contributed by atoms with Crippen molar-refractivity contribution in [2.24, 2.45) is 0 Å². The van der Waals surface area contributed by atoms with Crippen molar-refractivity contribution in [3.63, 3.8) is 0 Å². The molecule has 1 heterocycles. The molecule has 0 saturated heterocycles. The third kappa shape index (κ3) is 2.07. The van der Waals surface area contributed by atoms with Crippen molar-refractivity contribution in [2.75, 3.05) is 11.5 Å². The highest BCUT2D eigenvalue weighted by Gasteiger charge is 2.14. The van der Waals surface area contributed by atoms with Gasteiger partial charge in [-0.15, -0.1) is 0 Å². The van der Waals surface area contributed by atoms with E-state index in [0.717, 1.165) is 17.7 Å². The van der Waals surface area contributed by atoms with Gasteiger partial charge in [-0.05, 0) is 36.8 Å². The Morgan fingerprint density at radius 3 is 2.32 bits per heavy atom. The van der Waals surface area contributed by atoms with Crippen LogP contribution < -0.4 is 17.0 Å². The van der Waals surface area contributed by atoms with E-state index in [1.807, 2.05) is 0 Å². The van der Waals surface area contributed by atoms with E-state index in [1.165, 1.54) is 0 Å². The maximum absolute atomic E-state index is 13.5. The van der Waals surface area contributed by atoms with Crippen molar-refractivity contribution in [3.05, 3.63) is 51.8 Å². The second-order valence-corrected chi connectivity index (χ2v) is 5.01. The highest BCUT2D eigenvalue weighted by molar-refractivity contribution is 5.95. The molecule has 0 amide bonds. The molecule has 0 aliphatic carbocycles. The van der Waals surface area contributed by atoms with Crippen LogP contribution in [0.4, 0.5) is 20.2 Å². The van der Waals surface area contributed by atoms with Crippen LogP contribution in [0.5, 0.6) is 0 Å². The first kappa shape index (κ1) is 14.0. The van der Waals surface area contributed by atoms with Gasteiger partial charge in [0.2, 0.25) is 0 Å². The molecule has 0 spiro atoms. The molecule has 0 radical (unpaired) electrons. The van der Waals surface area contributed by atoms with E-state index in [1.54, 1.807) is 19.1 Å². The Balaban J connectivity index is 2.39. The van der Waals surface area contributed by atoms with Crippen molar-refractivity contribution >= 4 is 22.1 Å². The molecular weight excluding hydrogens is 290 g/mol. The standard InChI is InChI=1S/C15H12F2N4O/c1-6-2-7(3-12(18)13(6)19)14-8-4-10(16)11(17)5-9(8)15(22)21-20-14/h2-5H,18-19H2,1H3,(H,21,22). The zero-order valence-electron chi connectivity index (χ0n) is 11.6. The SMILES string of the molecule is Cc1cc(-c2n[nH]c(=O)c3cc(F)c(F)cc23)cc(N)c1N. The number of aryl methyl sites for hydroxylation is 1. The zero-order chi connectivity index (χ0) is 16.0. The minimum absolute atomic E-state index is 0.0111. The number of aromatic amines is 1. The summed E-state index contributed by atoms with van der Waals surface area (Å²) in [5.74, 6) is -2.15. The summed E-state index contributed by atoms with van der Waals surface area (Å²) < 4.78 is 26.9. The van der Waals surface area contributed by atoms with E-state index < -0.39 is 17.2 Å². The van der Waals surface area contributed by atoms with Gasteiger partial charge in [0.25, 0.3) is 5.56 Å². The summed E-state index contributed by atoms with van der Waals surface area (Å²) in [6, 6.07) is 5.09. The lowest BCUT2D eigenvalue weighted by Gasteiger charge is -2.10. The van der Waals surface area contributed by atoms with Crippen molar-refractivity contribution < 1.29 is 8.78 Å². The Morgan fingerprint density at radius 1 is 1.05 bits per heavy atom. The van der Waals surface area contributed by atoms with Gasteiger partial charge >= 0.3 is 0 Å². The average Bonchev–Trinajstić information content (AvgIpc) is 2.47. The van der Waals surface area contributed by atoms with Crippen LogP contribution in [0.3, 0.4) is 0 Å². The molecule has 5 N–H and O–H groups in total. The van der Waals surface area contributed by atoms with Crippen LogP contribution in [0.15, 0.2) is 29.1 Å². The lowest BCUT2D eigenvalue weighted by Crippen LogP contribution is -2.10. The van der Waals surface area contributed by atoms with Crippen molar-refractivity contribution in [1.29, 1.82) is 0 Å². The monoisotopic (exact) mass is 302 g/mol. The summed E-state index contributed by atoms with van der Waals surface area (Å²) in [7, 11) is 0. The number of hydrogen-bond acceptors (Lipinski definition) is 4. The van der Waals surface area contributed by atoms with E-state index >= 15 is 0 Å². The van der Waals surface area contributed by atoms with Crippen LogP contribution in [0, 0.1) is 18.6 Å². The fourth-order valence-corrected chi connectivity index (χ4v) is 2.34. The second kappa shape index (κ2) is 4.80. The molecule has 0 aliphatic heterocycles. The Bertz CT molecular complexity index is 943. The van der Waals surface area contributed by atoms with Crippen LogP contribution in [0.25, 0.3) is 22.0 Å². The Labute approximate surface area is 123 Å². The Kier molecular flexibility index (Phi) is 3.05. The molecule has 7 heteroatoms. The summed E-state index contributed by atoms with van der Waals surface area (Å²) in [5.41, 5.74) is 13.4. The predicted octanol–water partition coefficient (Wildman–Crippen LogP) is 2.34. The van der Waals surface area contributed by atoms with Gasteiger partial charge in [-0.3, -0.25) is 4.79 Å². The average molecular weight is 302 g/mol. The third-order valence-corrected chi connectivity index (χ3v) is 3.52. The molecule has 2 aromatic carbocycles. The number of aromatic nitrogens is 2. The molecule has 0 atom stereocenters. The molecule has 1 aromatic heterocycles. The Hall–Kier alpha value is -2.96. The fraction of sp³-hybridized carbons (Fsp3) is 0.0667. The summed E-state index contributed by atoms with van der Waals surface area (Å²) >= 11 is 0. The van der Waals surface area contributed by atoms with Crippen LogP contribution >= 0.6 is 0 Å². The molecule has 5 nitrogen and oxygen atoms in total. The number of nitrogen functional groups attached to an aromatic ring is 2.